The molecule has 0 unspecified atom stereocenters. The van der Waals surface area contributed by atoms with Crippen molar-refractivity contribution in [3.8, 4) is 0 Å². The predicted molar refractivity (Wildman–Crippen MR) is 87.7 cm³/mol. The predicted octanol–water partition coefficient (Wildman–Crippen LogP) is 2.70. The second-order valence-corrected chi connectivity index (χ2v) is 6.38. The molecule has 0 spiro atoms. The average molecular weight is 317 g/mol. The fraction of sp³-hybridized carbons (Fsp3) is 0.500. The van der Waals surface area contributed by atoms with Crippen LogP contribution < -0.4 is 0 Å². The largest absolute Gasteiger partial charge is 0.395 e. The Morgan fingerprint density at radius 3 is 2.78 bits per heavy atom. The Balaban J connectivity index is 1.55. The van der Waals surface area contributed by atoms with E-state index in [9.17, 15) is 4.39 Å². The summed E-state index contributed by atoms with van der Waals surface area (Å²) in [6.07, 6.45) is 5.99. The fourth-order valence-corrected chi connectivity index (χ4v) is 3.45. The number of imidazole rings is 1. The van der Waals surface area contributed by atoms with Gasteiger partial charge in [0.2, 0.25) is 0 Å². The smallest absolute Gasteiger partial charge is 0.123 e. The molecule has 1 saturated heterocycles. The van der Waals surface area contributed by atoms with E-state index in [0.29, 0.717) is 12.5 Å². The van der Waals surface area contributed by atoms with Gasteiger partial charge < -0.3 is 9.67 Å². The number of aryl methyl sites for hydroxylation is 1. The highest BCUT2D eigenvalue weighted by Crippen LogP contribution is 2.30. The van der Waals surface area contributed by atoms with E-state index in [1.807, 2.05) is 23.8 Å². The van der Waals surface area contributed by atoms with Crippen LogP contribution in [0.2, 0.25) is 0 Å². The molecule has 0 bridgehead atoms. The van der Waals surface area contributed by atoms with Crippen LogP contribution in [0.15, 0.2) is 30.7 Å². The molecule has 1 aliphatic heterocycles. The van der Waals surface area contributed by atoms with E-state index in [1.165, 1.54) is 5.56 Å². The lowest BCUT2D eigenvalue weighted by molar-refractivity contribution is 0.202. The summed E-state index contributed by atoms with van der Waals surface area (Å²) in [6.45, 7) is 5.66. The third-order valence-electron chi connectivity index (χ3n) is 4.69. The molecule has 1 aliphatic rings. The summed E-state index contributed by atoms with van der Waals surface area (Å²) < 4.78 is 15.2. The highest BCUT2D eigenvalue weighted by molar-refractivity contribution is 5.30. The van der Waals surface area contributed by atoms with Crippen molar-refractivity contribution in [3.63, 3.8) is 0 Å². The first-order valence-corrected chi connectivity index (χ1v) is 8.25. The van der Waals surface area contributed by atoms with E-state index in [-0.39, 0.29) is 12.4 Å². The minimum Gasteiger partial charge on any atom is -0.395 e. The second kappa shape index (κ2) is 7.23. The Morgan fingerprint density at radius 2 is 2.09 bits per heavy atom. The molecule has 0 radical (unpaired) electrons. The van der Waals surface area contributed by atoms with Crippen LogP contribution in [0.3, 0.4) is 0 Å². The molecule has 1 aromatic heterocycles. The lowest BCUT2D eigenvalue weighted by Crippen LogP contribution is -2.32. The van der Waals surface area contributed by atoms with E-state index in [2.05, 4.69) is 9.88 Å². The third-order valence-corrected chi connectivity index (χ3v) is 4.69. The fourth-order valence-electron chi connectivity index (χ4n) is 3.45. The van der Waals surface area contributed by atoms with Crippen LogP contribution >= 0.6 is 0 Å². The van der Waals surface area contributed by atoms with Crippen LogP contribution in [0.1, 0.15) is 35.6 Å². The lowest BCUT2D eigenvalue weighted by Gasteiger charge is -2.32. The van der Waals surface area contributed by atoms with Gasteiger partial charge in [-0.05, 0) is 62.0 Å². The number of hydrogen-bond donors (Lipinski definition) is 1. The molecule has 0 saturated carbocycles. The lowest BCUT2D eigenvalue weighted by atomic mass is 9.87. The summed E-state index contributed by atoms with van der Waals surface area (Å²) >= 11 is 0. The maximum Gasteiger partial charge on any atom is 0.123 e. The Labute approximate surface area is 136 Å². The Hall–Kier alpha value is -1.72. The summed E-state index contributed by atoms with van der Waals surface area (Å²) in [4.78, 5) is 6.82. The van der Waals surface area contributed by atoms with Gasteiger partial charge in [-0.3, -0.25) is 4.90 Å². The number of benzene rings is 1. The third kappa shape index (κ3) is 3.98. The summed E-state index contributed by atoms with van der Waals surface area (Å²) in [7, 11) is 0. The highest BCUT2D eigenvalue weighted by atomic mass is 19.1. The molecule has 1 N–H and O–H groups in total. The first-order valence-electron chi connectivity index (χ1n) is 8.25. The molecule has 5 heteroatoms. The number of likely N-dealkylation sites (tertiary alicyclic amines) is 1. The van der Waals surface area contributed by atoms with Gasteiger partial charge in [-0.25, -0.2) is 9.37 Å². The van der Waals surface area contributed by atoms with Crippen LogP contribution in [-0.4, -0.2) is 39.3 Å². The van der Waals surface area contributed by atoms with Gasteiger partial charge in [0.1, 0.15) is 5.82 Å². The summed E-state index contributed by atoms with van der Waals surface area (Å²) in [5.41, 5.74) is 3.40. The van der Waals surface area contributed by atoms with Gasteiger partial charge in [0.05, 0.1) is 18.6 Å². The van der Waals surface area contributed by atoms with Crippen molar-refractivity contribution >= 4 is 0 Å². The molecule has 4 nitrogen and oxygen atoms in total. The van der Waals surface area contributed by atoms with E-state index in [4.69, 9.17) is 5.11 Å². The minimum absolute atomic E-state index is 0.137. The van der Waals surface area contributed by atoms with Gasteiger partial charge in [0.25, 0.3) is 0 Å². The molecule has 23 heavy (non-hydrogen) atoms. The van der Waals surface area contributed by atoms with Gasteiger partial charge in [-0.2, -0.15) is 0 Å². The molecular weight excluding hydrogens is 293 g/mol. The monoisotopic (exact) mass is 317 g/mol. The van der Waals surface area contributed by atoms with Gasteiger partial charge >= 0.3 is 0 Å². The topological polar surface area (TPSA) is 41.3 Å². The van der Waals surface area contributed by atoms with Crippen molar-refractivity contribution in [2.24, 2.45) is 0 Å². The SMILES string of the molecule is Cc1cc(F)ccc1C1CCN(Cc2cn(CCO)cn2)CC1. The molecule has 1 aromatic carbocycles. The van der Waals surface area contributed by atoms with Gasteiger partial charge in [0, 0.05) is 19.3 Å². The number of aliphatic hydroxyl groups is 1. The molecule has 0 amide bonds. The van der Waals surface area contributed by atoms with Crippen LogP contribution in [-0.2, 0) is 13.1 Å². The zero-order valence-electron chi connectivity index (χ0n) is 13.6. The number of nitrogens with zero attached hydrogens (tertiary/aromatic N) is 3. The van der Waals surface area contributed by atoms with Crippen molar-refractivity contribution in [1.29, 1.82) is 0 Å². The summed E-state index contributed by atoms with van der Waals surface area (Å²) in [5, 5.41) is 8.94. The number of rotatable bonds is 5. The molecule has 3 rings (SSSR count). The molecule has 2 heterocycles. The van der Waals surface area contributed by atoms with Crippen molar-refractivity contribution in [2.45, 2.75) is 38.8 Å². The van der Waals surface area contributed by atoms with Crippen molar-refractivity contribution in [3.05, 3.63) is 53.4 Å². The maximum atomic E-state index is 13.2. The summed E-state index contributed by atoms with van der Waals surface area (Å²) in [6, 6.07) is 5.15. The molecule has 0 atom stereocenters. The van der Waals surface area contributed by atoms with E-state index in [0.717, 1.165) is 43.7 Å². The van der Waals surface area contributed by atoms with Crippen molar-refractivity contribution < 1.29 is 9.50 Å². The van der Waals surface area contributed by atoms with E-state index >= 15 is 0 Å². The molecule has 1 fully saturated rings. The minimum atomic E-state index is -0.151. The maximum absolute atomic E-state index is 13.2. The van der Waals surface area contributed by atoms with Gasteiger partial charge in [-0.1, -0.05) is 6.07 Å². The second-order valence-electron chi connectivity index (χ2n) is 6.38. The molecule has 2 aromatic rings. The van der Waals surface area contributed by atoms with Crippen LogP contribution in [0.25, 0.3) is 0 Å². The molecule has 0 aliphatic carbocycles. The van der Waals surface area contributed by atoms with Gasteiger partial charge in [0.15, 0.2) is 0 Å². The number of aliphatic hydroxyl groups excluding tert-OH is 1. The van der Waals surface area contributed by atoms with Crippen LogP contribution in [0, 0.1) is 12.7 Å². The van der Waals surface area contributed by atoms with E-state index < -0.39 is 0 Å². The number of hydrogen-bond acceptors (Lipinski definition) is 3. The summed E-state index contributed by atoms with van der Waals surface area (Å²) in [5.74, 6) is 0.376. The Morgan fingerprint density at radius 1 is 1.30 bits per heavy atom. The van der Waals surface area contributed by atoms with E-state index in [1.54, 1.807) is 18.5 Å². The molecular formula is C18H24FN3O. The average Bonchev–Trinajstić information content (AvgIpc) is 2.96. The standard InChI is InChI=1S/C18H24FN3O/c1-14-10-16(19)2-3-18(14)15-4-6-21(7-5-15)11-17-12-22(8-9-23)13-20-17/h2-3,10,12-13,15,23H,4-9,11H2,1H3. The zero-order valence-corrected chi connectivity index (χ0v) is 13.6. The Bertz CT molecular complexity index is 647. The first kappa shape index (κ1) is 16.1. The van der Waals surface area contributed by atoms with Crippen molar-refractivity contribution in [2.75, 3.05) is 19.7 Å². The number of aromatic nitrogens is 2. The van der Waals surface area contributed by atoms with Crippen molar-refractivity contribution in [1.82, 2.24) is 14.5 Å². The first-order chi connectivity index (χ1) is 11.2. The Kier molecular flexibility index (Phi) is 5.08. The zero-order chi connectivity index (χ0) is 16.2. The normalized spacial score (nSPS) is 16.8. The quantitative estimate of drug-likeness (QED) is 0.922. The van der Waals surface area contributed by atoms with Crippen LogP contribution in [0.4, 0.5) is 4.39 Å². The molecule has 124 valence electrons. The number of halogens is 1. The van der Waals surface area contributed by atoms with Crippen LogP contribution in [0.5, 0.6) is 0 Å². The van der Waals surface area contributed by atoms with Gasteiger partial charge in [-0.15, -0.1) is 0 Å². The highest BCUT2D eigenvalue weighted by Gasteiger charge is 2.22. The number of piperidine rings is 1.